The first kappa shape index (κ1) is 14.9. The van der Waals surface area contributed by atoms with E-state index in [1.54, 1.807) is 0 Å². The van der Waals surface area contributed by atoms with Gasteiger partial charge in [-0.15, -0.1) is 0 Å². The minimum atomic E-state index is 0.817. The predicted octanol–water partition coefficient (Wildman–Crippen LogP) is 6.33. The summed E-state index contributed by atoms with van der Waals surface area (Å²) in [6.45, 7) is 0. The molecule has 0 atom stereocenters. The highest BCUT2D eigenvalue weighted by atomic mass is 16.4. The van der Waals surface area contributed by atoms with Gasteiger partial charge in [0.1, 0.15) is 5.52 Å². The van der Waals surface area contributed by atoms with Gasteiger partial charge in [0.05, 0.1) is 22.7 Å². The summed E-state index contributed by atoms with van der Waals surface area (Å²) in [4.78, 5) is 0. The van der Waals surface area contributed by atoms with E-state index in [1.165, 1.54) is 10.8 Å². The first-order chi connectivity index (χ1) is 14.4. The molecular formula is C25H15N3O. The highest BCUT2D eigenvalue weighted by molar-refractivity contribution is 6.12. The third-order valence-corrected chi connectivity index (χ3v) is 5.82. The Morgan fingerprint density at radius 1 is 0.586 bits per heavy atom. The van der Waals surface area contributed by atoms with E-state index >= 15 is 0 Å². The largest absolute Gasteiger partial charge is 0.437 e. The van der Waals surface area contributed by atoms with Gasteiger partial charge in [0.25, 0.3) is 0 Å². The van der Waals surface area contributed by atoms with Gasteiger partial charge in [0, 0.05) is 27.6 Å². The fraction of sp³-hybridized carbons (Fsp3) is 0. The summed E-state index contributed by atoms with van der Waals surface area (Å²) in [5.74, 6) is 0.817. The van der Waals surface area contributed by atoms with Gasteiger partial charge < -0.3 is 4.42 Å². The lowest BCUT2D eigenvalue weighted by Gasteiger charge is -2.03. The van der Waals surface area contributed by atoms with Gasteiger partial charge in [0.2, 0.25) is 5.88 Å². The molecule has 0 amide bonds. The van der Waals surface area contributed by atoms with Crippen molar-refractivity contribution >= 4 is 49.2 Å². The van der Waals surface area contributed by atoms with Crippen LogP contribution in [0.2, 0.25) is 0 Å². The predicted molar refractivity (Wildman–Crippen MR) is 117 cm³/mol. The zero-order valence-electron chi connectivity index (χ0n) is 15.4. The summed E-state index contributed by atoms with van der Waals surface area (Å²) in [6, 6.07) is 29.4. The Hall–Kier alpha value is -4.05. The summed E-state index contributed by atoms with van der Waals surface area (Å²) < 4.78 is 10.7. The van der Waals surface area contributed by atoms with Crippen molar-refractivity contribution < 1.29 is 4.42 Å². The number of furan rings is 1. The van der Waals surface area contributed by atoms with E-state index in [4.69, 9.17) is 4.42 Å². The molecule has 29 heavy (non-hydrogen) atoms. The molecule has 7 rings (SSSR count). The van der Waals surface area contributed by atoms with Crippen LogP contribution in [-0.4, -0.2) is 14.2 Å². The maximum Gasteiger partial charge on any atom is 0.205 e. The number of fused-ring (bicyclic) bond motifs is 9. The monoisotopic (exact) mass is 373 g/mol. The third-order valence-electron chi connectivity index (χ3n) is 5.82. The standard InChI is InChI=1S/C25H15N3O/c1-4-10-20-16(7-1)17-8-2-5-11-21(17)27(20)24-15-19-18-9-3-6-12-22(18)28-23(13-14-26-28)25(19)29-24/h1-15H. The highest BCUT2D eigenvalue weighted by Crippen LogP contribution is 2.37. The molecule has 0 saturated carbocycles. The molecular weight excluding hydrogens is 358 g/mol. The van der Waals surface area contributed by atoms with Crippen molar-refractivity contribution in [1.29, 1.82) is 0 Å². The lowest BCUT2D eigenvalue weighted by molar-refractivity contribution is 0.591. The average molecular weight is 373 g/mol. The van der Waals surface area contributed by atoms with Gasteiger partial charge in [-0.3, -0.25) is 4.57 Å². The summed E-state index contributed by atoms with van der Waals surface area (Å²) in [6.07, 6.45) is 1.82. The lowest BCUT2D eigenvalue weighted by Crippen LogP contribution is -1.90. The van der Waals surface area contributed by atoms with Crippen molar-refractivity contribution in [2.75, 3.05) is 0 Å². The molecule has 0 aliphatic rings. The molecule has 3 aromatic carbocycles. The van der Waals surface area contributed by atoms with Gasteiger partial charge in [-0.05, 0) is 24.3 Å². The summed E-state index contributed by atoms with van der Waals surface area (Å²) >= 11 is 0. The SMILES string of the molecule is c1ccc2c(c1)c1ccccc1n2-c1cc2c3ccccc3n3nccc3c2o1. The molecule has 0 fully saturated rings. The van der Waals surface area contributed by atoms with E-state index in [9.17, 15) is 0 Å². The Labute approximate surface area is 165 Å². The van der Waals surface area contributed by atoms with Crippen LogP contribution in [0.4, 0.5) is 0 Å². The molecule has 0 unspecified atom stereocenters. The van der Waals surface area contributed by atoms with Crippen LogP contribution in [0.25, 0.3) is 55.1 Å². The zero-order valence-corrected chi connectivity index (χ0v) is 15.4. The second-order valence-electron chi connectivity index (χ2n) is 7.34. The number of pyridine rings is 1. The molecule has 0 saturated heterocycles. The average Bonchev–Trinajstić information content (AvgIpc) is 3.49. The molecule has 4 nitrogen and oxygen atoms in total. The smallest absolute Gasteiger partial charge is 0.205 e. The number of nitrogens with zero attached hydrogens (tertiary/aromatic N) is 3. The Balaban J connectivity index is 1.69. The Bertz CT molecular complexity index is 1660. The highest BCUT2D eigenvalue weighted by Gasteiger charge is 2.18. The minimum Gasteiger partial charge on any atom is -0.437 e. The van der Waals surface area contributed by atoms with E-state index in [0.717, 1.165) is 44.3 Å². The molecule has 0 N–H and O–H groups in total. The Morgan fingerprint density at radius 2 is 1.17 bits per heavy atom. The van der Waals surface area contributed by atoms with Gasteiger partial charge in [0.15, 0.2) is 5.58 Å². The summed E-state index contributed by atoms with van der Waals surface area (Å²) in [7, 11) is 0. The third kappa shape index (κ3) is 1.85. The van der Waals surface area contributed by atoms with Crippen LogP contribution in [0, 0.1) is 0 Å². The van der Waals surface area contributed by atoms with E-state index in [1.807, 2.05) is 22.8 Å². The van der Waals surface area contributed by atoms with E-state index in [2.05, 4.69) is 82.5 Å². The van der Waals surface area contributed by atoms with Crippen molar-refractivity contribution in [2.45, 2.75) is 0 Å². The topological polar surface area (TPSA) is 35.4 Å². The normalized spacial score (nSPS) is 12.1. The number of para-hydroxylation sites is 3. The molecule has 0 aliphatic heterocycles. The fourth-order valence-electron chi connectivity index (χ4n) is 4.59. The molecule has 4 aromatic heterocycles. The number of hydrogen-bond donors (Lipinski definition) is 0. The van der Waals surface area contributed by atoms with Crippen LogP contribution < -0.4 is 0 Å². The van der Waals surface area contributed by atoms with Crippen molar-refractivity contribution in [1.82, 2.24) is 14.2 Å². The molecule has 4 heteroatoms. The van der Waals surface area contributed by atoms with E-state index < -0.39 is 0 Å². The number of benzene rings is 3. The molecule has 7 aromatic rings. The number of aromatic nitrogens is 3. The first-order valence-corrected chi connectivity index (χ1v) is 9.67. The van der Waals surface area contributed by atoms with E-state index in [-0.39, 0.29) is 0 Å². The fourth-order valence-corrected chi connectivity index (χ4v) is 4.59. The van der Waals surface area contributed by atoms with Crippen molar-refractivity contribution in [2.24, 2.45) is 0 Å². The van der Waals surface area contributed by atoms with Crippen LogP contribution >= 0.6 is 0 Å². The maximum atomic E-state index is 6.51. The number of rotatable bonds is 1. The quantitative estimate of drug-likeness (QED) is 0.337. The second kappa shape index (κ2) is 5.26. The van der Waals surface area contributed by atoms with Gasteiger partial charge in [-0.1, -0.05) is 54.6 Å². The zero-order chi connectivity index (χ0) is 18.9. The van der Waals surface area contributed by atoms with Crippen molar-refractivity contribution in [3.63, 3.8) is 0 Å². The first-order valence-electron chi connectivity index (χ1n) is 9.67. The molecule has 0 spiro atoms. The maximum absolute atomic E-state index is 6.51. The number of hydrogen-bond acceptors (Lipinski definition) is 2. The minimum absolute atomic E-state index is 0.817. The second-order valence-corrected chi connectivity index (χ2v) is 7.34. The van der Waals surface area contributed by atoms with Crippen molar-refractivity contribution in [3.05, 3.63) is 91.1 Å². The molecule has 0 bridgehead atoms. The summed E-state index contributed by atoms with van der Waals surface area (Å²) in [5.41, 5.74) is 5.20. The molecule has 136 valence electrons. The van der Waals surface area contributed by atoms with Crippen LogP contribution in [0.3, 0.4) is 0 Å². The lowest BCUT2D eigenvalue weighted by atomic mass is 10.1. The Morgan fingerprint density at radius 3 is 1.86 bits per heavy atom. The molecule has 0 aliphatic carbocycles. The molecule has 0 radical (unpaired) electrons. The Kier molecular flexibility index (Phi) is 2.71. The van der Waals surface area contributed by atoms with Crippen LogP contribution in [0.1, 0.15) is 0 Å². The van der Waals surface area contributed by atoms with Gasteiger partial charge in [-0.25, -0.2) is 4.52 Å². The van der Waals surface area contributed by atoms with Crippen LogP contribution in [0.15, 0.2) is 95.5 Å². The van der Waals surface area contributed by atoms with Gasteiger partial charge in [-0.2, -0.15) is 5.10 Å². The summed E-state index contributed by atoms with van der Waals surface area (Å²) in [5, 5.41) is 9.20. The van der Waals surface area contributed by atoms with Crippen LogP contribution in [0.5, 0.6) is 0 Å². The van der Waals surface area contributed by atoms with E-state index in [0.29, 0.717) is 0 Å². The van der Waals surface area contributed by atoms with Gasteiger partial charge >= 0.3 is 0 Å². The molecule has 4 heterocycles. The van der Waals surface area contributed by atoms with Crippen molar-refractivity contribution in [3.8, 4) is 5.88 Å². The van der Waals surface area contributed by atoms with Crippen LogP contribution in [-0.2, 0) is 0 Å².